The number of anilines is 2. The molecule has 0 aliphatic carbocycles. The Bertz CT molecular complexity index is 1330. The number of carbonyl (C=O) groups excluding carboxylic acids is 1. The monoisotopic (exact) mass is 511 g/mol. The Morgan fingerprint density at radius 1 is 1.17 bits per heavy atom. The minimum Gasteiger partial charge on any atom is -0.480 e. The minimum atomic E-state index is -0.677. The highest BCUT2D eigenvalue weighted by Crippen LogP contribution is 2.36. The van der Waals surface area contributed by atoms with Crippen molar-refractivity contribution in [3.05, 3.63) is 59.3 Å². The van der Waals surface area contributed by atoms with Crippen LogP contribution >= 0.6 is 22.9 Å². The first-order valence-electron chi connectivity index (χ1n) is 11.0. The van der Waals surface area contributed by atoms with Crippen LogP contribution < -0.4 is 14.8 Å². The van der Waals surface area contributed by atoms with Crippen molar-refractivity contribution in [2.24, 2.45) is 0 Å². The second-order valence-corrected chi connectivity index (χ2v) is 9.00. The summed E-state index contributed by atoms with van der Waals surface area (Å²) in [6, 6.07) is 10.8. The second-order valence-electron chi connectivity index (χ2n) is 7.74. The van der Waals surface area contributed by atoms with Crippen LogP contribution in [0.1, 0.15) is 6.92 Å². The number of halogens is 1. The molecule has 2 aromatic carbocycles. The standard InChI is InChI=1S/C24H22ClN5O4S/c1-15(23(31)30-8-10-32-11-9-30)33-20-4-2-3-18-21(20)22(28-14-27-18)29-16-5-6-19(17(25)13-16)34-24-26-7-12-35-24/h2-7,12-15H,8-11H2,1H3,(H,27,28,29). The van der Waals surface area contributed by atoms with Gasteiger partial charge in [-0.3, -0.25) is 4.79 Å². The SMILES string of the molecule is CC(Oc1cccc2ncnc(Nc3ccc(Oc4nccs4)c(Cl)c3)c12)C(=O)N1CCOCC1. The first-order chi connectivity index (χ1) is 17.1. The lowest BCUT2D eigenvalue weighted by Gasteiger charge is -2.29. The maximum absolute atomic E-state index is 12.9. The van der Waals surface area contributed by atoms with Gasteiger partial charge in [0.1, 0.15) is 23.6 Å². The van der Waals surface area contributed by atoms with E-state index in [1.807, 2.05) is 23.6 Å². The van der Waals surface area contributed by atoms with E-state index < -0.39 is 6.10 Å². The highest BCUT2D eigenvalue weighted by Gasteiger charge is 2.25. The number of hydrogen-bond donors (Lipinski definition) is 1. The van der Waals surface area contributed by atoms with Gasteiger partial charge in [-0.25, -0.2) is 15.0 Å². The summed E-state index contributed by atoms with van der Waals surface area (Å²) in [6.45, 7) is 3.92. The predicted octanol–water partition coefficient (Wildman–Crippen LogP) is 4.90. The molecule has 0 radical (unpaired) electrons. The maximum Gasteiger partial charge on any atom is 0.278 e. The summed E-state index contributed by atoms with van der Waals surface area (Å²) in [7, 11) is 0. The third-order valence-corrected chi connectivity index (χ3v) is 6.34. The summed E-state index contributed by atoms with van der Waals surface area (Å²) in [5.41, 5.74) is 1.38. The van der Waals surface area contributed by atoms with E-state index in [1.165, 1.54) is 17.7 Å². The first kappa shape index (κ1) is 23.3. The van der Waals surface area contributed by atoms with Crippen molar-refractivity contribution in [1.82, 2.24) is 19.9 Å². The molecule has 0 bridgehead atoms. The van der Waals surface area contributed by atoms with E-state index in [4.69, 9.17) is 25.8 Å². The minimum absolute atomic E-state index is 0.0840. The summed E-state index contributed by atoms with van der Waals surface area (Å²) in [5.74, 6) is 1.45. The van der Waals surface area contributed by atoms with Gasteiger partial charge in [-0.2, -0.15) is 0 Å². The number of ether oxygens (including phenoxy) is 3. The van der Waals surface area contributed by atoms with Gasteiger partial charge in [0, 0.05) is 30.4 Å². The molecule has 4 aromatic rings. The Balaban J connectivity index is 1.39. The van der Waals surface area contributed by atoms with Gasteiger partial charge in [0.2, 0.25) is 0 Å². The smallest absolute Gasteiger partial charge is 0.278 e. The van der Waals surface area contributed by atoms with E-state index in [0.29, 0.717) is 70.4 Å². The van der Waals surface area contributed by atoms with Gasteiger partial charge in [0.15, 0.2) is 6.10 Å². The molecule has 1 aliphatic rings. The van der Waals surface area contributed by atoms with Crippen LogP contribution in [0.15, 0.2) is 54.3 Å². The third-order valence-electron chi connectivity index (χ3n) is 5.40. The van der Waals surface area contributed by atoms with E-state index in [-0.39, 0.29) is 5.91 Å². The average molecular weight is 512 g/mol. The number of amides is 1. The van der Waals surface area contributed by atoms with Gasteiger partial charge >= 0.3 is 0 Å². The highest BCUT2D eigenvalue weighted by atomic mass is 35.5. The van der Waals surface area contributed by atoms with Crippen LogP contribution in [0.4, 0.5) is 11.5 Å². The van der Waals surface area contributed by atoms with Gasteiger partial charge in [-0.05, 0) is 37.3 Å². The van der Waals surface area contributed by atoms with E-state index in [1.54, 1.807) is 36.2 Å². The molecular weight excluding hydrogens is 490 g/mol. The van der Waals surface area contributed by atoms with Gasteiger partial charge < -0.3 is 24.4 Å². The van der Waals surface area contributed by atoms with Crippen molar-refractivity contribution in [2.45, 2.75) is 13.0 Å². The summed E-state index contributed by atoms with van der Waals surface area (Å²) < 4.78 is 17.2. The Hall–Kier alpha value is -3.47. The fourth-order valence-corrected chi connectivity index (χ4v) is 4.42. The first-order valence-corrected chi connectivity index (χ1v) is 12.2. The van der Waals surface area contributed by atoms with Crippen LogP contribution in [0.25, 0.3) is 10.9 Å². The van der Waals surface area contributed by atoms with Crippen molar-refractivity contribution in [3.8, 4) is 16.7 Å². The topological polar surface area (TPSA) is 98.7 Å². The molecule has 1 amide bonds. The fourth-order valence-electron chi connectivity index (χ4n) is 3.71. The number of carbonyl (C=O) groups is 1. The predicted molar refractivity (Wildman–Crippen MR) is 134 cm³/mol. The molecule has 35 heavy (non-hydrogen) atoms. The van der Waals surface area contributed by atoms with Gasteiger partial charge in [0.05, 0.1) is 29.1 Å². The molecule has 3 heterocycles. The van der Waals surface area contributed by atoms with Crippen LogP contribution in [-0.4, -0.2) is 58.2 Å². The van der Waals surface area contributed by atoms with E-state index in [2.05, 4.69) is 20.3 Å². The van der Waals surface area contributed by atoms with Crippen molar-refractivity contribution in [1.29, 1.82) is 0 Å². The number of thiazole rings is 1. The molecule has 5 rings (SSSR count). The van der Waals surface area contributed by atoms with Crippen molar-refractivity contribution >= 4 is 51.3 Å². The summed E-state index contributed by atoms with van der Waals surface area (Å²) >= 11 is 7.82. The largest absolute Gasteiger partial charge is 0.480 e. The highest BCUT2D eigenvalue weighted by molar-refractivity contribution is 7.11. The zero-order valence-electron chi connectivity index (χ0n) is 18.8. The number of fused-ring (bicyclic) bond motifs is 1. The summed E-state index contributed by atoms with van der Waals surface area (Å²) in [6.07, 6.45) is 2.46. The molecule has 1 atom stereocenters. The van der Waals surface area contributed by atoms with Gasteiger partial charge in [0.25, 0.3) is 11.1 Å². The van der Waals surface area contributed by atoms with Gasteiger partial charge in [-0.1, -0.05) is 29.0 Å². The lowest BCUT2D eigenvalue weighted by molar-refractivity contribution is -0.142. The van der Waals surface area contributed by atoms with Crippen LogP contribution in [0, 0.1) is 0 Å². The normalized spacial score (nSPS) is 14.5. The maximum atomic E-state index is 12.9. The van der Waals surface area contributed by atoms with Crippen LogP contribution in [-0.2, 0) is 9.53 Å². The number of benzene rings is 2. The molecule has 9 nitrogen and oxygen atoms in total. The molecule has 2 aromatic heterocycles. The molecule has 180 valence electrons. The van der Waals surface area contributed by atoms with E-state index >= 15 is 0 Å². The van der Waals surface area contributed by atoms with Crippen LogP contribution in [0.3, 0.4) is 0 Å². The molecule has 0 saturated carbocycles. The summed E-state index contributed by atoms with van der Waals surface area (Å²) in [5, 5.41) is 6.71. The zero-order valence-corrected chi connectivity index (χ0v) is 20.4. The Kier molecular flexibility index (Phi) is 6.94. The fraction of sp³-hybridized carbons (Fsp3) is 0.250. The van der Waals surface area contributed by atoms with Crippen LogP contribution in [0.5, 0.6) is 16.7 Å². The van der Waals surface area contributed by atoms with Crippen LogP contribution in [0.2, 0.25) is 5.02 Å². The van der Waals surface area contributed by atoms with E-state index in [0.717, 1.165) is 0 Å². The van der Waals surface area contributed by atoms with Crippen molar-refractivity contribution in [2.75, 3.05) is 31.6 Å². The zero-order chi connectivity index (χ0) is 24.2. The molecule has 1 unspecified atom stereocenters. The molecule has 0 spiro atoms. The van der Waals surface area contributed by atoms with Gasteiger partial charge in [-0.15, -0.1) is 0 Å². The number of hydrogen-bond acceptors (Lipinski definition) is 9. The number of rotatable bonds is 7. The quantitative estimate of drug-likeness (QED) is 0.374. The molecule has 1 saturated heterocycles. The molecule has 1 aliphatic heterocycles. The van der Waals surface area contributed by atoms with Crippen molar-refractivity contribution in [3.63, 3.8) is 0 Å². The lowest BCUT2D eigenvalue weighted by atomic mass is 10.2. The summed E-state index contributed by atoms with van der Waals surface area (Å²) in [4.78, 5) is 27.5. The van der Waals surface area contributed by atoms with E-state index in [9.17, 15) is 4.79 Å². The lowest BCUT2D eigenvalue weighted by Crippen LogP contribution is -2.46. The van der Waals surface area contributed by atoms with Crippen molar-refractivity contribution < 1.29 is 19.0 Å². The molecular formula is C24H22ClN5O4S. The molecule has 11 heteroatoms. The second kappa shape index (κ2) is 10.4. The Morgan fingerprint density at radius 2 is 2.03 bits per heavy atom. The molecule has 1 fully saturated rings. The number of nitrogens with zero attached hydrogens (tertiary/aromatic N) is 4. The molecule has 1 N–H and O–H groups in total. The number of morpholine rings is 1. The Morgan fingerprint density at radius 3 is 2.80 bits per heavy atom. The number of nitrogens with one attached hydrogen (secondary N) is 1. The average Bonchev–Trinajstić information content (AvgIpc) is 3.39. The third kappa shape index (κ3) is 5.29. The Labute approximate surface area is 210 Å². The number of aromatic nitrogens is 3.